The van der Waals surface area contributed by atoms with E-state index in [1.54, 1.807) is 18.2 Å². The molecule has 2 heterocycles. The Labute approximate surface area is 136 Å². The summed E-state index contributed by atoms with van der Waals surface area (Å²) in [5, 5.41) is 13.9. The van der Waals surface area contributed by atoms with Gasteiger partial charge in [0.15, 0.2) is 0 Å². The van der Waals surface area contributed by atoms with Crippen LogP contribution in [0.2, 0.25) is 0 Å². The minimum Gasteiger partial charge on any atom is -0.366 e. The molecule has 2 fully saturated rings. The van der Waals surface area contributed by atoms with Crippen LogP contribution in [-0.2, 0) is 4.79 Å². The van der Waals surface area contributed by atoms with E-state index >= 15 is 0 Å². The highest BCUT2D eigenvalue weighted by Crippen LogP contribution is 2.33. The predicted octanol–water partition coefficient (Wildman–Crippen LogP) is 2.68. The molecule has 2 saturated heterocycles. The zero-order valence-corrected chi connectivity index (χ0v) is 13.2. The maximum atomic E-state index is 11.7. The second-order valence-electron chi connectivity index (χ2n) is 5.05. The quantitative estimate of drug-likeness (QED) is 0.396. The number of thioether (sulfide) groups is 1. The average molecular weight is 335 g/mol. The minimum absolute atomic E-state index is 0.0715. The number of carbonyl (C=O) groups excluding carboxylic acids is 1. The molecule has 0 spiro atoms. The zero-order valence-electron chi connectivity index (χ0n) is 11.6. The molecule has 3 rings (SSSR count). The van der Waals surface area contributed by atoms with E-state index in [0.29, 0.717) is 20.5 Å². The smallest absolute Gasteiger partial charge is 0.293 e. The number of carbonyl (C=O) groups is 1. The van der Waals surface area contributed by atoms with Crippen molar-refractivity contribution in [2.75, 3.05) is 18.0 Å². The fourth-order valence-corrected chi connectivity index (χ4v) is 3.62. The third-order valence-electron chi connectivity index (χ3n) is 3.58. The summed E-state index contributed by atoms with van der Waals surface area (Å²) < 4.78 is 0.402. The van der Waals surface area contributed by atoms with Crippen molar-refractivity contribution < 1.29 is 9.72 Å². The Hall–Kier alpha value is -1.93. The van der Waals surface area contributed by atoms with Gasteiger partial charge >= 0.3 is 0 Å². The first-order valence-electron chi connectivity index (χ1n) is 6.83. The molecule has 114 valence electrons. The largest absolute Gasteiger partial charge is 0.366 e. The lowest BCUT2D eigenvalue weighted by Crippen LogP contribution is -2.19. The minimum atomic E-state index is -0.373. The average Bonchev–Trinajstić information content (AvgIpc) is 3.09. The topological polar surface area (TPSA) is 75.5 Å². The molecule has 0 saturated carbocycles. The van der Waals surface area contributed by atoms with Crippen LogP contribution in [0.1, 0.15) is 18.4 Å². The number of rotatable bonds is 3. The lowest BCUT2D eigenvalue weighted by molar-refractivity contribution is -0.384. The Balaban J connectivity index is 1.95. The number of amides is 1. The predicted molar refractivity (Wildman–Crippen MR) is 90.9 cm³/mol. The van der Waals surface area contributed by atoms with E-state index in [0.717, 1.165) is 37.7 Å². The Bertz CT molecular complexity index is 697. The van der Waals surface area contributed by atoms with E-state index in [9.17, 15) is 14.9 Å². The lowest BCUT2D eigenvalue weighted by Gasteiger charge is -2.17. The van der Waals surface area contributed by atoms with E-state index in [1.807, 2.05) is 4.90 Å². The number of thiocarbonyl (C=S) groups is 1. The molecule has 1 N–H and O–H groups in total. The number of hydrogen-bond acceptors (Lipinski definition) is 6. The van der Waals surface area contributed by atoms with Gasteiger partial charge in [0.2, 0.25) is 0 Å². The highest BCUT2D eigenvalue weighted by Gasteiger charge is 2.24. The molecule has 1 aromatic rings. The molecule has 8 heteroatoms. The summed E-state index contributed by atoms with van der Waals surface area (Å²) in [5.74, 6) is -0.263. The molecule has 6 nitrogen and oxygen atoms in total. The van der Waals surface area contributed by atoms with Gasteiger partial charge in [-0.2, -0.15) is 0 Å². The monoisotopic (exact) mass is 335 g/mol. The van der Waals surface area contributed by atoms with Gasteiger partial charge in [0.1, 0.15) is 10.0 Å². The number of benzene rings is 1. The van der Waals surface area contributed by atoms with Crippen LogP contribution in [0.15, 0.2) is 23.1 Å². The summed E-state index contributed by atoms with van der Waals surface area (Å²) in [6.07, 6.45) is 3.73. The van der Waals surface area contributed by atoms with Gasteiger partial charge in [-0.15, -0.1) is 0 Å². The molecule has 2 aliphatic heterocycles. The van der Waals surface area contributed by atoms with Gasteiger partial charge in [-0.25, -0.2) is 0 Å². The van der Waals surface area contributed by atoms with Crippen LogP contribution in [0.3, 0.4) is 0 Å². The lowest BCUT2D eigenvalue weighted by atomic mass is 10.1. The van der Waals surface area contributed by atoms with Crippen LogP contribution in [-0.4, -0.2) is 28.2 Å². The number of nitro groups is 1. The normalized spacial score (nSPS) is 19.8. The fourth-order valence-electron chi connectivity index (χ4n) is 2.57. The van der Waals surface area contributed by atoms with Crippen molar-refractivity contribution >= 4 is 51.7 Å². The maximum Gasteiger partial charge on any atom is 0.293 e. The Morgan fingerprint density at radius 1 is 1.36 bits per heavy atom. The molecule has 1 amide bonds. The molecule has 2 aliphatic rings. The summed E-state index contributed by atoms with van der Waals surface area (Å²) in [4.78, 5) is 25.1. The fraction of sp³-hybridized carbons (Fsp3) is 0.286. The van der Waals surface area contributed by atoms with Crippen LogP contribution in [0, 0.1) is 10.1 Å². The Morgan fingerprint density at radius 2 is 2.09 bits per heavy atom. The first-order valence-corrected chi connectivity index (χ1v) is 8.05. The molecular formula is C14H13N3O3S2. The van der Waals surface area contributed by atoms with Crippen LogP contribution < -0.4 is 10.2 Å². The maximum absolute atomic E-state index is 11.7. The van der Waals surface area contributed by atoms with Gasteiger partial charge in [0, 0.05) is 19.2 Å². The van der Waals surface area contributed by atoms with Gasteiger partial charge in [-0.05, 0) is 30.5 Å². The van der Waals surface area contributed by atoms with Crippen molar-refractivity contribution in [1.29, 1.82) is 0 Å². The summed E-state index contributed by atoms with van der Waals surface area (Å²) in [6.45, 7) is 1.68. The molecule has 1 aromatic carbocycles. The highest BCUT2D eigenvalue weighted by atomic mass is 32.2. The van der Waals surface area contributed by atoms with Crippen LogP contribution in [0.5, 0.6) is 0 Å². The number of nitrogens with zero attached hydrogens (tertiary/aromatic N) is 2. The second-order valence-corrected chi connectivity index (χ2v) is 6.77. The highest BCUT2D eigenvalue weighted by molar-refractivity contribution is 8.26. The van der Waals surface area contributed by atoms with E-state index in [2.05, 4.69) is 5.32 Å². The summed E-state index contributed by atoms with van der Waals surface area (Å²) >= 11 is 6.09. The van der Waals surface area contributed by atoms with Crippen LogP contribution in [0.4, 0.5) is 11.4 Å². The molecule has 0 aliphatic carbocycles. The Morgan fingerprint density at radius 3 is 2.68 bits per heavy atom. The van der Waals surface area contributed by atoms with Crippen LogP contribution >= 0.6 is 24.0 Å². The number of nitro benzene ring substituents is 1. The van der Waals surface area contributed by atoms with Crippen molar-refractivity contribution in [1.82, 2.24) is 5.32 Å². The molecular weight excluding hydrogens is 322 g/mol. The number of hydrogen-bond donors (Lipinski definition) is 1. The van der Waals surface area contributed by atoms with E-state index in [4.69, 9.17) is 12.2 Å². The van der Waals surface area contributed by atoms with E-state index < -0.39 is 0 Å². The molecule has 0 atom stereocenters. The van der Waals surface area contributed by atoms with Crippen molar-refractivity contribution in [2.45, 2.75) is 12.8 Å². The molecule has 0 bridgehead atoms. The van der Waals surface area contributed by atoms with Gasteiger partial charge in [-0.3, -0.25) is 14.9 Å². The Kier molecular flexibility index (Phi) is 4.12. The molecule has 22 heavy (non-hydrogen) atoms. The molecule has 0 radical (unpaired) electrons. The third kappa shape index (κ3) is 2.97. The van der Waals surface area contributed by atoms with E-state index in [1.165, 1.54) is 6.07 Å². The van der Waals surface area contributed by atoms with Gasteiger partial charge in [0.25, 0.3) is 11.6 Å². The van der Waals surface area contributed by atoms with E-state index in [-0.39, 0.29) is 16.5 Å². The summed E-state index contributed by atoms with van der Waals surface area (Å²) in [6, 6.07) is 5.06. The summed E-state index contributed by atoms with van der Waals surface area (Å²) in [5.41, 5.74) is 1.34. The third-order valence-corrected chi connectivity index (χ3v) is 4.75. The zero-order chi connectivity index (χ0) is 15.7. The van der Waals surface area contributed by atoms with Crippen molar-refractivity contribution in [3.05, 3.63) is 38.8 Å². The second kappa shape index (κ2) is 6.05. The SMILES string of the molecule is O=C1NC(=S)SC1=Cc1ccc(N2CCCC2)c([N+](=O)[O-])c1. The van der Waals surface area contributed by atoms with Crippen LogP contribution in [0.25, 0.3) is 6.08 Å². The van der Waals surface area contributed by atoms with Gasteiger partial charge in [-0.1, -0.05) is 30.0 Å². The standard InChI is InChI=1S/C14H13N3O3S2/c18-13-12(22-14(21)15-13)8-9-3-4-10(11(7-9)17(19)20)16-5-1-2-6-16/h3-4,7-8H,1-2,5-6H2,(H,15,18,21). The molecule has 0 aromatic heterocycles. The van der Waals surface area contributed by atoms with Crippen molar-refractivity contribution in [3.63, 3.8) is 0 Å². The van der Waals surface area contributed by atoms with Crippen molar-refractivity contribution in [2.24, 2.45) is 0 Å². The summed E-state index contributed by atoms with van der Waals surface area (Å²) in [7, 11) is 0. The van der Waals surface area contributed by atoms with Gasteiger partial charge < -0.3 is 10.2 Å². The molecule has 0 unspecified atom stereocenters. The van der Waals surface area contributed by atoms with Gasteiger partial charge in [0.05, 0.1) is 9.83 Å². The first-order chi connectivity index (χ1) is 10.5. The first kappa shape index (κ1) is 15.0. The van der Waals surface area contributed by atoms with Crippen molar-refractivity contribution in [3.8, 4) is 0 Å². The number of nitrogens with one attached hydrogen (secondary N) is 1. The number of anilines is 1.